The Kier molecular flexibility index (Phi) is 4.04. The van der Waals surface area contributed by atoms with Gasteiger partial charge in [-0.25, -0.2) is 0 Å². The number of hydrogen-bond acceptors (Lipinski definition) is 5. The number of aryl methyl sites for hydroxylation is 2. The first-order valence-corrected chi connectivity index (χ1v) is 6.88. The van der Waals surface area contributed by atoms with Crippen LogP contribution in [0.4, 0.5) is 0 Å². The summed E-state index contributed by atoms with van der Waals surface area (Å²) in [6.45, 7) is 9.02. The maximum Gasteiger partial charge on any atom is 0.149 e. The summed E-state index contributed by atoms with van der Waals surface area (Å²) in [6.07, 6.45) is 0. The highest BCUT2D eigenvalue weighted by Gasteiger charge is 2.10. The SMILES string of the molecule is Cc1ccc(-c2nnc(CNC(C)C)s2)c(C)n1. The van der Waals surface area contributed by atoms with Crippen molar-refractivity contribution in [3.8, 4) is 10.6 Å². The second kappa shape index (κ2) is 5.54. The highest BCUT2D eigenvalue weighted by atomic mass is 32.1. The summed E-state index contributed by atoms with van der Waals surface area (Å²) in [7, 11) is 0. The van der Waals surface area contributed by atoms with E-state index in [2.05, 4.69) is 40.4 Å². The average Bonchev–Trinajstić information content (AvgIpc) is 2.75. The van der Waals surface area contributed by atoms with Gasteiger partial charge in [0.05, 0.1) is 0 Å². The van der Waals surface area contributed by atoms with E-state index < -0.39 is 0 Å². The van der Waals surface area contributed by atoms with Gasteiger partial charge in [0.15, 0.2) is 0 Å². The Hall–Kier alpha value is -1.33. The first-order valence-electron chi connectivity index (χ1n) is 6.06. The molecule has 96 valence electrons. The summed E-state index contributed by atoms with van der Waals surface area (Å²) < 4.78 is 0. The van der Waals surface area contributed by atoms with Crippen LogP contribution in [0.2, 0.25) is 0 Å². The van der Waals surface area contributed by atoms with Crippen LogP contribution in [0.1, 0.15) is 30.2 Å². The van der Waals surface area contributed by atoms with E-state index in [1.54, 1.807) is 11.3 Å². The van der Waals surface area contributed by atoms with E-state index in [0.717, 1.165) is 33.5 Å². The predicted molar refractivity (Wildman–Crippen MR) is 74.6 cm³/mol. The van der Waals surface area contributed by atoms with E-state index in [9.17, 15) is 0 Å². The van der Waals surface area contributed by atoms with Crippen LogP contribution in [0.3, 0.4) is 0 Å². The van der Waals surface area contributed by atoms with Gasteiger partial charge in [-0.2, -0.15) is 0 Å². The quantitative estimate of drug-likeness (QED) is 0.920. The Morgan fingerprint density at radius 2 is 2.00 bits per heavy atom. The van der Waals surface area contributed by atoms with Crippen LogP contribution in [0.5, 0.6) is 0 Å². The second-order valence-corrected chi connectivity index (χ2v) is 5.68. The Morgan fingerprint density at radius 3 is 2.67 bits per heavy atom. The van der Waals surface area contributed by atoms with Crippen LogP contribution < -0.4 is 5.32 Å². The minimum absolute atomic E-state index is 0.458. The first kappa shape index (κ1) is 13.1. The summed E-state index contributed by atoms with van der Waals surface area (Å²) in [5.41, 5.74) is 3.12. The third-order valence-corrected chi connectivity index (χ3v) is 3.54. The van der Waals surface area contributed by atoms with Crippen molar-refractivity contribution in [3.63, 3.8) is 0 Å². The van der Waals surface area contributed by atoms with Gasteiger partial charge in [0, 0.05) is 29.5 Å². The van der Waals surface area contributed by atoms with Crippen molar-refractivity contribution in [2.24, 2.45) is 0 Å². The first-order chi connectivity index (χ1) is 8.56. The summed E-state index contributed by atoms with van der Waals surface area (Å²) in [5, 5.41) is 13.7. The van der Waals surface area contributed by atoms with Gasteiger partial charge in [0.25, 0.3) is 0 Å². The lowest BCUT2D eigenvalue weighted by Crippen LogP contribution is -2.21. The lowest BCUT2D eigenvalue weighted by atomic mass is 10.2. The monoisotopic (exact) mass is 262 g/mol. The fourth-order valence-electron chi connectivity index (χ4n) is 1.64. The van der Waals surface area contributed by atoms with Gasteiger partial charge in [0.2, 0.25) is 0 Å². The molecule has 2 aromatic heterocycles. The second-order valence-electron chi connectivity index (χ2n) is 4.62. The molecule has 5 heteroatoms. The maximum atomic E-state index is 4.46. The van der Waals surface area contributed by atoms with E-state index >= 15 is 0 Å². The van der Waals surface area contributed by atoms with Crippen molar-refractivity contribution >= 4 is 11.3 Å². The van der Waals surface area contributed by atoms with Gasteiger partial charge >= 0.3 is 0 Å². The molecule has 2 rings (SSSR count). The molecule has 0 aliphatic carbocycles. The topological polar surface area (TPSA) is 50.7 Å². The fraction of sp³-hybridized carbons (Fsp3) is 0.462. The molecule has 0 aliphatic heterocycles. The third kappa shape index (κ3) is 3.11. The zero-order chi connectivity index (χ0) is 13.1. The molecule has 0 spiro atoms. The highest BCUT2D eigenvalue weighted by Crippen LogP contribution is 2.25. The van der Waals surface area contributed by atoms with Crippen molar-refractivity contribution in [2.75, 3.05) is 0 Å². The summed E-state index contributed by atoms with van der Waals surface area (Å²) in [5.74, 6) is 0. The van der Waals surface area contributed by atoms with Gasteiger partial charge in [0.1, 0.15) is 10.0 Å². The predicted octanol–water partition coefficient (Wildman–Crippen LogP) is 2.71. The van der Waals surface area contributed by atoms with Crippen LogP contribution in [-0.4, -0.2) is 21.2 Å². The molecular weight excluding hydrogens is 244 g/mol. The third-order valence-electron chi connectivity index (χ3n) is 2.58. The summed E-state index contributed by atoms with van der Waals surface area (Å²) in [6, 6.07) is 4.54. The molecule has 4 nitrogen and oxygen atoms in total. The Morgan fingerprint density at radius 1 is 1.22 bits per heavy atom. The molecule has 0 unspecified atom stereocenters. The summed E-state index contributed by atoms with van der Waals surface area (Å²) in [4.78, 5) is 4.46. The van der Waals surface area contributed by atoms with Crippen molar-refractivity contribution in [1.82, 2.24) is 20.5 Å². The fourth-order valence-corrected chi connectivity index (χ4v) is 2.51. The molecule has 0 aromatic carbocycles. The number of aromatic nitrogens is 3. The maximum absolute atomic E-state index is 4.46. The van der Waals surface area contributed by atoms with Gasteiger partial charge in [-0.05, 0) is 26.0 Å². The van der Waals surface area contributed by atoms with Crippen LogP contribution in [-0.2, 0) is 6.54 Å². The standard InChI is InChI=1S/C13H18N4S/c1-8(2)14-7-12-16-17-13(18-12)11-6-5-9(3)15-10(11)4/h5-6,8,14H,7H2,1-4H3. The molecule has 0 bridgehead atoms. The molecule has 0 amide bonds. The molecule has 0 fully saturated rings. The average molecular weight is 262 g/mol. The Bertz CT molecular complexity index is 534. The minimum atomic E-state index is 0.458. The van der Waals surface area contributed by atoms with Gasteiger partial charge in [-0.1, -0.05) is 25.2 Å². The number of nitrogens with one attached hydrogen (secondary N) is 1. The number of pyridine rings is 1. The largest absolute Gasteiger partial charge is 0.308 e. The van der Waals surface area contributed by atoms with Crippen LogP contribution >= 0.6 is 11.3 Å². The lowest BCUT2D eigenvalue weighted by molar-refractivity contribution is 0.585. The van der Waals surface area contributed by atoms with Gasteiger partial charge < -0.3 is 5.32 Å². The zero-order valence-corrected chi connectivity index (χ0v) is 12.0. The molecule has 2 aromatic rings. The van der Waals surface area contributed by atoms with E-state index in [4.69, 9.17) is 0 Å². The molecule has 0 aliphatic rings. The minimum Gasteiger partial charge on any atom is -0.308 e. The van der Waals surface area contributed by atoms with E-state index in [1.807, 2.05) is 19.9 Å². The number of hydrogen-bond donors (Lipinski definition) is 1. The molecule has 1 N–H and O–H groups in total. The van der Waals surface area contributed by atoms with E-state index in [0.29, 0.717) is 6.04 Å². The van der Waals surface area contributed by atoms with Crippen molar-refractivity contribution in [1.29, 1.82) is 0 Å². The van der Waals surface area contributed by atoms with Crippen LogP contribution in [0.25, 0.3) is 10.6 Å². The van der Waals surface area contributed by atoms with Gasteiger partial charge in [-0.3, -0.25) is 4.98 Å². The van der Waals surface area contributed by atoms with Crippen molar-refractivity contribution in [2.45, 2.75) is 40.3 Å². The highest BCUT2D eigenvalue weighted by molar-refractivity contribution is 7.14. The van der Waals surface area contributed by atoms with E-state index in [-0.39, 0.29) is 0 Å². The van der Waals surface area contributed by atoms with Crippen molar-refractivity contribution in [3.05, 3.63) is 28.5 Å². The van der Waals surface area contributed by atoms with Crippen LogP contribution in [0, 0.1) is 13.8 Å². The molecule has 18 heavy (non-hydrogen) atoms. The Labute approximate surface area is 111 Å². The Balaban J connectivity index is 2.18. The zero-order valence-electron chi connectivity index (χ0n) is 11.2. The van der Waals surface area contributed by atoms with Crippen molar-refractivity contribution < 1.29 is 0 Å². The molecule has 0 saturated carbocycles. The molecular formula is C13H18N4S. The molecule has 0 radical (unpaired) electrons. The smallest absolute Gasteiger partial charge is 0.149 e. The lowest BCUT2D eigenvalue weighted by Gasteiger charge is -2.04. The molecule has 0 atom stereocenters. The normalized spacial score (nSPS) is 11.2. The van der Waals surface area contributed by atoms with Gasteiger partial charge in [-0.15, -0.1) is 10.2 Å². The molecule has 0 saturated heterocycles. The number of rotatable bonds is 4. The summed E-state index contributed by atoms with van der Waals surface area (Å²) >= 11 is 1.62. The molecule has 2 heterocycles. The van der Waals surface area contributed by atoms with Crippen LogP contribution in [0.15, 0.2) is 12.1 Å². The van der Waals surface area contributed by atoms with E-state index in [1.165, 1.54) is 0 Å². The number of nitrogens with zero attached hydrogens (tertiary/aromatic N) is 3.